The van der Waals surface area contributed by atoms with Crippen molar-refractivity contribution in [3.8, 4) is 5.75 Å². The van der Waals surface area contributed by atoms with Crippen molar-refractivity contribution in [3.63, 3.8) is 0 Å². The maximum absolute atomic E-state index is 12.2. The molecule has 1 aliphatic rings. The minimum atomic E-state index is -1.12. The molecule has 2 rings (SSSR count). The molecule has 0 saturated carbocycles. The summed E-state index contributed by atoms with van der Waals surface area (Å²) in [7, 11) is 1.45. The maximum atomic E-state index is 12.2. The summed E-state index contributed by atoms with van der Waals surface area (Å²) < 4.78 is 5.34. The fourth-order valence-corrected chi connectivity index (χ4v) is 2.02. The predicted molar refractivity (Wildman–Crippen MR) is 85.7 cm³/mol. The third-order valence-electron chi connectivity index (χ3n) is 3.18. The molecule has 0 unspecified atom stereocenters. The van der Waals surface area contributed by atoms with Gasteiger partial charge < -0.3 is 9.84 Å². The number of carbonyl (C=O) groups is 3. The van der Waals surface area contributed by atoms with Gasteiger partial charge >= 0.3 is 5.97 Å². The largest absolute Gasteiger partial charge is 0.479 e. The Bertz CT molecular complexity index is 728. The van der Waals surface area contributed by atoms with E-state index in [1.54, 1.807) is 24.3 Å². The lowest BCUT2D eigenvalue weighted by atomic mass is 10.1. The number of carboxylic acid groups (broad SMARTS) is 1. The fraction of sp³-hybridized carbons (Fsp3) is 0.200. The van der Waals surface area contributed by atoms with E-state index in [2.05, 4.69) is 5.32 Å². The van der Waals surface area contributed by atoms with Crippen LogP contribution < -0.4 is 10.1 Å². The van der Waals surface area contributed by atoms with Gasteiger partial charge in [0, 0.05) is 12.6 Å². The number of para-hydroxylation sites is 1. The van der Waals surface area contributed by atoms with Gasteiger partial charge in [-0.05, 0) is 31.3 Å². The number of amides is 2. The molecule has 0 spiro atoms. The standard InChI is InChI=1S/C15H14N2O5S/c1-8(14(20)21)22-11-6-4-3-5-9(11)7-10-12(18)16-15(23)17(2)13(10)19/h3-8H,1-2H3,(H,20,21)(H,16,18,23)/b10-7+/t8-/m0/s1. The molecule has 1 atom stereocenters. The molecule has 2 amide bonds. The molecule has 0 aromatic heterocycles. The Morgan fingerprint density at radius 2 is 2.04 bits per heavy atom. The van der Waals surface area contributed by atoms with Gasteiger partial charge in [-0.25, -0.2) is 4.79 Å². The highest BCUT2D eigenvalue weighted by Crippen LogP contribution is 2.23. The normalized spacial score (nSPS) is 17.9. The van der Waals surface area contributed by atoms with Crippen molar-refractivity contribution in [1.82, 2.24) is 10.2 Å². The molecule has 120 valence electrons. The summed E-state index contributed by atoms with van der Waals surface area (Å²) in [5.74, 6) is -2.02. The van der Waals surface area contributed by atoms with Gasteiger partial charge in [0.1, 0.15) is 11.3 Å². The molecule has 1 fully saturated rings. The molecule has 1 aliphatic heterocycles. The number of nitrogens with one attached hydrogen (secondary N) is 1. The lowest BCUT2D eigenvalue weighted by Crippen LogP contribution is -2.52. The van der Waals surface area contributed by atoms with E-state index in [1.165, 1.54) is 20.0 Å². The summed E-state index contributed by atoms with van der Waals surface area (Å²) in [5.41, 5.74) is 0.306. The van der Waals surface area contributed by atoms with Crippen molar-refractivity contribution in [3.05, 3.63) is 35.4 Å². The van der Waals surface area contributed by atoms with Crippen LogP contribution in [0.1, 0.15) is 12.5 Å². The molecule has 1 saturated heterocycles. The summed E-state index contributed by atoms with van der Waals surface area (Å²) in [6, 6.07) is 6.52. The van der Waals surface area contributed by atoms with E-state index in [0.29, 0.717) is 5.56 Å². The lowest BCUT2D eigenvalue weighted by Gasteiger charge is -2.25. The summed E-state index contributed by atoms with van der Waals surface area (Å²) in [4.78, 5) is 36.2. The molecule has 0 aliphatic carbocycles. The summed E-state index contributed by atoms with van der Waals surface area (Å²) in [6.07, 6.45) is 0.278. The Labute approximate surface area is 137 Å². The van der Waals surface area contributed by atoms with Crippen LogP contribution in [0.25, 0.3) is 6.08 Å². The van der Waals surface area contributed by atoms with Gasteiger partial charge in [-0.1, -0.05) is 18.2 Å². The van der Waals surface area contributed by atoms with Crippen LogP contribution in [-0.4, -0.2) is 46.1 Å². The number of thiocarbonyl (C=S) groups is 1. The number of hydrogen-bond donors (Lipinski definition) is 2. The molecule has 0 radical (unpaired) electrons. The van der Waals surface area contributed by atoms with E-state index in [-0.39, 0.29) is 16.4 Å². The average Bonchev–Trinajstić information content (AvgIpc) is 2.50. The van der Waals surface area contributed by atoms with Gasteiger partial charge in [-0.15, -0.1) is 0 Å². The number of rotatable bonds is 4. The Balaban J connectivity index is 2.39. The molecule has 0 bridgehead atoms. The summed E-state index contributed by atoms with van der Waals surface area (Å²) in [5, 5.41) is 11.4. The van der Waals surface area contributed by atoms with Crippen LogP contribution in [0.3, 0.4) is 0 Å². The van der Waals surface area contributed by atoms with Crippen molar-refractivity contribution >= 4 is 41.2 Å². The minimum absolute atomic E-state index is 0.0289. The van der Waals surface area contributed by atoms with Crippen LogP contribution in [0, 0.1) is 0 Å². The van der Waals surface area contributed by atoms with E-state index in [9.17, 15) is 14.4 Å². The van der Waals surface area contributed by atoms with Crippen molar-refractivity contribution < 1.29 is 24.2 Å². The molecule has 23 heavy (non-hydrogen) atoms. The van der Waals surface area contributed by atoms with Gasteiger partial charge in [0.05, 0.1) is 0 Å². The minimum Gasteiger partial charge on any atom is -0.479 e. The van der Waals surface area contributed by atoms with Crippen molar-refractivity contribution in [2.75, 3.05) is 7.05 Å². The maximum Gasteiger partial charge on any atom is 0.344 e. The van der Waals surface area contributed by atoms with E-state index in [1.807, 2.05) is 0 Å². The molecular formula is C15H14N2O5S. The number of carboxylic acids is 1. The highest BCUT2D eigenvalue weighted by Gasteiger charge is 2.31. The number of likely N-dealkylation sites (N-methyl/N-ethyl adjacent to an activating group) is 1. The average molecular weight is 334 g/mol. The number of benzene rings is 1. The Hall–Kier alpha value is -2.74. The highest BCUT2D eigenvalue weighted by atomic mass is 32.1. The molecule has 1 aromatic carbocycles. The zero-order valence-electron chi connectivity index (χ0n) is 12.4. The van der Waals surface area contributed by atoms with Gasteiger partial charge in [-0.3, -0.25) is 19.8 Å². The number of carbonyl (C=O) groups excluding carboxylic acids is 2. The first-order chi connectivity index (χ1) is 10.8. The van der Waals surface area contributed by atoms with Crippen LogP contribution in [0.5, 0.6) is 5.75 Å². The lowest BCUT2D eigenvalue weighted by molar-refractivity contribution is -0.144. The van der Waals surface area contributed by atoms with E-state index < -0.39 is 23.9 Å². The second-order valence-electron chi connectivity index (χ2n) is 4.82. The summed E-state index contributed by atoms with van der Waals surface area (Å²) in [6.45, 7) is 1.39. The number of ether oxygens (including phenoxy) is 1. The Morgan fingerprint density at radius 3 is 2.70 bits per heavy atom. The second-order valence-corrected chi connectivity index (χ2v) is 5.20. The number of nitrogens with zero attached hydrogens (tertiary/aromatic N) is 1. The van der Waals surface area contributed by atoms with Crippen LogP contribution >= 0.6 is 12.2 Å². The predicted octanol–water partition coefficient (Wildman–Crippen LogP) is 0.795. The first-order valence-electron chi connectivity index (χ1n) is 6.65. The van der Waals surface area contributed by atoms with Crippen LogP contribution in [0.15, 0.2) is 29.8 Å². The third kappa shape index (κ3) is 3.54. The fourth-order valence-electron chi connectivity index (χ4n) is 1.85. The third-order valence-corrected chi connectivity index (χ3v) is 3.55. The SMILES string of the molecule is C[C@H](Oc1ccccc1/C=C1\C(=O)NC(=S)N(C)C1=O)C(=O)O. The topological polar surface area (TPSA) is 95.9 Å². The van der Waals surface area contributed by atoms with E-state index in [0.717, 1.165) is 4.90 Å². The van der Waals surface area contributed by atoms with Gasteiger partial charge in [-0.2, -0.15) is 0 Å². The molecule has 2 N–H and O–H groups in total. The molecule has 1 heterocycles. The van der Waals surface area contributed by atoms with Gasteiger partial charge in [0.15, 0.2) is 11.2 Å². The molecule has 7 nitrogen and oxygen atoms in total. The molecule has 1 aromatic rings. The second kappa shape index (κ2) is 6.57. The number of hydrogen-bond acceptors (Lipinski definition) is 5. The molecular weight excluding hydrogens is 320 g/mol. The Kier molecular flexibility index (Phi) is 4.75. The van der Waals surface area contributed by atoms with Crippen molar-refractivity contribution in [1.29, 1.82) is 0 Å². The van der Waals surface area contributed by atoms with Crippen LogP contribution in [0.2, 0.25) is 0 Å². The zero-order chi connectivity index (χ0) is 17.1. The van der Waals surface area contributed by atoms with Crippen LogP contribution in [0.4, 0.5) is 0 Å². The van der Waals surface area contributed by atoms with Crippen LogP contribution in [-0.2, 0) is 14.4 Å². The summed E-state index contributed by atoms with van der Waals surface area (Å²) >= 11 is 4.87. The first kappa shape index (κ1) is 16.6. The van der Waals surface area contributed by atoms with E-state index >= 15 is 0 Å². The quantitative estimate of drug-likeness (QED) is 0.480. The van der Waals surface area contributed by atoms with Crippen molar-refractivity contribution in [2.45, 2.75) is 13.0 Å². The number of aliphatic carboxylic acids is 1. The van der Waals surface area contributed by atoms with Gasteiger partial charge in [0.2, 0.25) is 0 Å². The van der Waals surface area contributed by atoms with Gasteiger partial charge in [0.25, 0.3) is 11.8 Å². The molecule has 8 heteroatoms. The van der Waals surface area contributed by atoms with E-state index in [4.69, 9.17) is 22.1 Å². The smallest absolute Gasteiger partial charge is 0.344 e. The van der Waals surface area contributed by atoms with Crippen molar-refractivity contribution in [2.24, 2.45) is 0 Å². The Morgan fingerprint density at radius 1 is 1.39 bits per heavy atom. The zero-order valence-corrected chi connectivity index (χ0v) is 13.2. The monoisotopic (exact) mass is 334 g/mol. The highest BCUT2D eigenvalue weighted by molar-refractivity contribution is 7.80. The first-order valence-corrected chi connectivity index (χ1v) is 7.05.